The smallest absolute Gasteiger partial charge is 0.223 e. The molecule has 0 unspecified atom stereocenters. The number of para-hydroxylation sites is 1. The SMILES string of the molecule is CC(C)(C)Oc1ccc([C@@H]2C=CC3=C(C(C)(C)c4nc5nccnc5[nH]4)c4cccc(F)c4OC3=N2)cc1. The van der Waals surface area contributed by atoms with Crippen LogP contribution in [0.1, 0.15) is 57.6 Å². The summed E-state index contributed by atoms with van der Waals surface area (Å²) in [5.74, 6) is 1.55. The first-order chi connectivity index (χ1) is 18.1. The van der Waals surface area contributed by atoms with Crippen LogP contribution in [0.3, 0.4) is 0 Å². The molecule has 4 heterocycles. The van der Waals surface area contributed by atoms with Crippen molar-refractivity contribution in [1.82, 2.24) is 19.9 Å². The fourth-order valence-corrected chi connectivity index (χ4v) is 4.93. The first-order valence-electron chi connectivity index (χ1n) is 12.5. The van der Waals surface area contributed by atoms with Crippen molar-refractivity contribution in [3.8, 4) is 11.5 Å². The van der Waals surface area contributed by atoms with E-state index in [1.54, 1.807) is 18.5 Å². The minimum atomic E-state index is -0.673. The van der Waals surface area contributed by atoms with Gasteiger partial charge in [0.05, 0.1) is 6.04 Å². The van der Waals surface area contributed by atoms with Crippen LogP contribution in [-0.4, -0.2) is 31.4 Å². The Balaban J connectivity index is 1.44. The molecule has 192 valence electrons. The molecule has 0 radical (unpaired) electrons. The second-order valence-electron chi connectivity index (χ2n) is 11.0. The van der Waals surface area contributed by atoms with Crippen LogP contribution in [0.15, 0.2) is 77.6 Å². The van der Waals surface area contributed by atoms with Crippen molar-refractivity contribution in [1.29, 1.82) is 0 Å². The summed E-state index contributed by atoms with van der Waals surface area (Å²) >= 11 is 0. The average molecular weight is 510 g/mol. The summed E-state index contributed by atoms with van der Waals surface area (Å²) in [7, 11) is 0. The predicted octanol–water partition coefficient (Wildman–Crippen LogP) is 6.50. The highest BCUT2D eigenvalue weighted by Gasteiger charge is 2.40. The number of rotatable bonds is 4. The van der Waals surface area contributed by atoms with E-state index in [1.807, 2.05) is 77.1 Å². The molecule has 7 nitrogen and oxygen atoms in total. The molecule has 38 heavy (non-hydrogen) atoms. The molecule has 2 aromatic carbocycles. The quantitative estimate of drug-likeness (QED) is 0.339. The van der Waals surface area contributed by atoms with Gasteiger partial charge in [-0.15, -0.1) is 0 Å². The lowest BCUT2D eigenvalue weighted by Gasteiger charge is -2.34. The number of fused-ring (bicyclic) bond motifs is 3. The minimum Gasteiger partial charge on any atom is -0.488 e. The number of halogens is 1. The van der Waals surface area contributed by atoms with Crippen molar-refractivity contribution in [2.45, 2.75) is 51.7 Å². The number of allylic oxidation sites excluding steroid dienone is 1. The van der Waals surface area contributed by atoms with Crippen LogP contribution in [0.25, 0.3) is 16.9 Å². The lowest BCUT2D eigenvalue weighted by Crippen LogP contribution is -2.30. The van der Waals surface area contributed by atoms with Gasteiger partial charge in [-0.05, 0) is 64.0 Å². The maximum Gasteiger partial charge on any atom is 0.223 e. The van der Waals surface area contributed by atoms with E-state index < -0.39 is 11.2 Å². The van der Waals surface area contributed by atoms with E-state index in [-0.39, 0.29) is 17.4 Å². The Kier molecular flexibility index (Phi) is 5.45. The maximum atomic E-state index is 15.1. The highest BCUT2D eigenvalue weighted by Crippen LogP contribution is 2.48. The number of benzene rings is 2. The van der Waals surface area contributed by atoms with E-state index >= 15 is 4.39 Å². The van der Waals surface area contributed by atoms with E-state index in [1.165, 1.54) is 6.07 Å². The van der Waals surface area contributed by atoms with Gasteiger partial charge in [0.2, 0.25) is 5.90 Å². The Morgan fingerprint density at radius 2 is 1.74 bits per heavy atom. The van der Waals surface area contributed by atoms with E-state index in [0.29, 0.717) is 28.6 Å². The van der Waals surface area contributed by atoms with Crippen LogP contribution >= 0.6 is 0 Å². The van der Waals surface area contributed by atoms with Gasteiger partial charge < -0.3 is 14.5 Å². The van der Waals surface area contributed by atoms with E-state index in [9.17, 15) is 0 Å². The normalized spacial score (nSPS) is 17.1. The molecule has 6 rings (SSSR count). The molecule has 2 aromatic heterocycles. The number of aliphatic imine (C=N–C) groups is 1. The number of aromatic amines is 1. The zero-order valence-corrected chi connectivity index (χ0v) is 21.9. The first kappa shape index (κ1) is 24.0. The third-order valence-corrected chi connectivity index (χ3v) is 6.63. The summed E-state index contributed by atoms with van der Waals surface area (Å²) < 4.78 is 27.1. The van der Waals surface area contributed by atoms with Gasteiger partial charge in [0.15, 0.2) is 22.9 Å². The number of nitrogens with one attached hydrogen (secondary N) is 1. The molecule has 0 saturated carbocycles. The molecular formula is C30H28FN5O2. The fourth-order valence-electron chi connectivity index (χ4n) is 4.93. The number of hydrogen-bond donors (Lipinski definition) is 1. The fraction of sp³-hybridized carbons (Fsp3) is 0.267. The summed E-state index contributed by atoms with van der Waals surface area (Å²) in [6.45, 7) is 10.1. The van der Waals surface area contributed by atoms with Crippen molar-refractivity contribution in [3.05, 3.63) is 95.4 Å². The second kappa shape index (κ2) is 8.62. The van der Waals surface area contributed by atoms with E-state index in [0.717, 1.165) is 22.5 Å². The molecule has 2 aliphatic heterocycles. The number of imidazole rings is 1. The summed E-state index contributed by atoms with van der Waals surface area (Å²) in [4.78, 5) is 21.6. The Hall–Kier alpha value is -4.33. The first-order valence-corrected chi connectivity index (χ1v) is 12.5. The van der Waals surface area contributed by atoms with Crippen LogP contribution in [0, 0.1) is 5.82 Å². The van der Waals surface area contributed by atoms with E-state index in [2.05, 4.69) is 15.0 Å². The molecule has 0 saturated heterocycles. The molecule has 1 atom stereocenters. The Labute approximate surface area is 220 Å². The molecule has 0 fully saturated rings. The van der Waals surface area contributed by atoms with Crippen LogP contribution in [0.5, 0.6) is 11.5 Å². The summed E-state index contributed by atoms with van der Waals surface area (Å²) in [6.07, 6.45) is 7.27. The van der Waals surface area contributed by atoms with Gasteiger partial charge in [-0.3, -0.25) is 0 Å². The number of aromatic nitrogens is 4. The van der Waals surface area contributed by atoms with Gasteiger partial charge >= 0.3 is 0 Å². The van der Waals surface area contributed by atoms with Gasteiger partial charge in [0, 0.05) is 28.9 Å². The van der Waals surface area contributed by atoms with Crippen molar-refractivity contribution >= 4 is 22.8 Å². The van der Waals surface area contributed by atoms with Crippen molar-refractivity contribution < 1.29 is 13.9 Å². The lowest BCUT2D eigenvalue weighted by atomic mass is 9.75. The number of dihydropyridines is 1. The molecular weight excluding hydrogens is 481 g/mol. The van der Waals surface area contributed by atoms with Crippen molar-refractivity contribution in [2.75, 3.05) is 0 Å². The van der Waals surface area contributed by atoms with Crippen LogP contribution in [-0.2, 0) is 5.41 Å². The molecule has 1 N–H and O–H groups in total. The standard InChI is InChI=1S/C30H28FN5O2/c1-29(2,3)38-18-11-9-17(10-12-18)22-14-13-20-23(19-7-6-8-21(31)24(19)37-27(20)34-22)30(4,5)28-35-25-26(36-28)33-16-15-32-25/h6-16,22H,1-5H3,(H,32,33,35,36)/t22-/m0/s1. The van der Waals surface area contributed by atoms with Gasteiger partial charge in [-0.1, -0.05) is 36.4 Å². The molecule has 0 spiro atoms. The molecule has 0 bridgehead atoms. The van der Waals surface area contributed by atoms with Crippen LogP contribution in [0.2, 0.25) is 0 Å². The van der Waals surface area contributed by atoms with E-state index in [4.69, 9.17) is 19.5 Å². The monoisotopic (exact) mass is 509 g/mol. The molecule has 8 heteroatoms. The largest absolute Gasteiger partial charge is 0.488 e. The predicted molar refractivity (Wildman–Crippen MR) is 145 cm³/mol. The minimum absolute atomic E-state index is 0.161. The highest BCUT2D eigenvalue weighted by molar-refractivity contribution is 6.10. The van der Waals surface area contributed by atoms with Crippen LogP contribution < -0.4 is 9.47 Å². The number of nitrogens with zero attached hydrogens (tertiary/aromatic N) is 4. The Morgan fingerprint density at radius 3 is 2.47 bits per heavy atom. The zero-order valence-electron chi connectivity index (χ0n) is 21.9. The number of ether oxygens (including phenoxy) is 2. The topological polar surface area (TPSA) is 85.3 Å². The zero-order chi connectivity index (χ0) is 26.7. The number of hydrogen-bond acceptors (Lipinski definition) is 6. The van der Waals surface area contributed by atoms with Gasteiger partial charge in [-0.2, -0.15) is 0 Å². The summed E-state index contributed by atoms with van der Waals surface area (Å²) in [5, 5.41) is 0. The summed E-state index contributed by atoms with van der Waals surface area (Å²) in [5.41, 5.74) is 3.46. The third-order valence-electron chi connectivity index (χ3n) is 6.63. The van der Waals surface area contributed by atoms with Crippen molar-refractivity contribution in [2.24, 2.45) is 4.99 Å². The van der Waals surface area contributed by atoms with Gasteiger partial charge in [0.25, 0.3) is 0 Å². The highest BCUT2D eigenvalue weighted by atomic mass is 19.1. The molecule has 0 aliphatic carbocycles. The van der Waals surface area contributed by atoms with Gasteiger partial charge in [-0.25, -0.2) is 24.3 Å². The van der Waals surface area contributed by atoms with Crippen LogP contribution in [0.4, 0.5) is 4.39 Å². The number of H-pyrrole nitrogens is 1. The van der Waals surface area contributed by atoms with Crippen molar-refractivity contribution in [3.63, 3.8) is 0 Å². The maximum absolute atomic E-state index is 15.1. The molecule has 0 amide bonds. The third kappa shape index (κ3) is 4.16. The molecule has 2 aliphatic rings. The Bertz CT molecular complexity index is 1610. The lowest BCUT2D eigenvalue weighted by molar-refractivity contribution is 0.131. The van der Waals surface area contributed by atoms with Gasteiger partial charge in [0.1, 0.15) is 17.2 Å². The molecule has 4 aromatic rings. The summed E-state index contributed by atoms with van der Waals surface area (Å²) in [6, 6.07) is 12.5. The Morgan fingerprint density at radius 1 is 0.974 bits per heavy atom. The second-order valence-corrected chi connectivity index (χ2v) is 11.0. The average Bonchev–Trinajstić information content (AvgIpc) is 3.32.